The summed E-state index contributed by atoms with van der Waals surface area (Å²) in [5, 5.41) is 11.8. The van der Waals surface area contributed by atoms with Crippen molar-refractivity contribution in [1.29, 1.82) is 0 Å². The van der Waals surface area contributed by atoms with Crippen LogP contribution in [0.25, 0.3) is 5.65 Å². The molecule has 2 N–H and O–H groups in total. The Morgan fingerprint density at radius 2 is 2.12 bits per heavy atom. The average Bonchev–Trinajstić information content (AvgIpc) is 3.01. The van der Waals surface area contributed by atoms with Gasteiger partial charge in [-0.3, -0.25) is 9.20 Å². The van der Waals surface area contributed by atoms with Crippen LogP contribution in [-0.2, 0) is 6.54 Å². The van der Waals surface area contributed by atoms with Gasteiger partial charge in [0.15, 0.2) is 0 Å². The third kappa shape index (κ3) is 3.38. The number of nitrogens with one attached hydrogen (secondary N) is 1. The molecule has 2 aromatic heterocycles. The Labute approximate surface area is 139 Å². The smallest absolute Gasteiger partial charge is 0.270 e. The summed E-state index contributed by atoms with van der Waals surface area (Å²) in [6.45, 7) is 2.47. The second-order valence-corrected chi connectivity index (χ2v) is 5.44. The van der Waals surface area contributed by atoms with Gasteiger partial charge in [-0.1, -0.05) is 24.3 Å². The molecule has 0 aliphatic carbocycles. The van der Waals surface area contributed by atoms with E-state index < -0.39 is 0 Å². The Morgan fingerprint density at radius 3 is 2.96 bits per heavy atom. The van der Waals surface area contributed by atoms with Crippen molar-refractivity contribution in [2.75, 3.05) is 13.2 Å². The van der Waals surface area contributed by atoms with Crippen molar-refractivity contribution in [3.8, 4) is 5.75 Å². The lowest BCUT2D eigenvalue weighted by atomic mass is 10.2. The summed E-state index contributed by atoms with van der Waals surface area (Å²) >= 11 is 0. The van der Waals surface area contributed by atoms with Crippen LogP contribution in [0.1, 0.15) is 21.6 Å². The van der Waals surface area contributed by atoms with Crippen molar-refractivity contribution in [2.45, 2.75) is 13.5 Å². The Balaban J connectivity index is 1.75. The van der Waals surface area contributed by atoms with Crippen LogP contribution in [0.2, 0.25) is 0 Å². The number of ether oxygens (including phenoxy) is 1. The van der Waals surface area contributed by atoms with Gasteiger partial charge in [0.2, 0.25) is 0 Å². The van der Waals surface area contributed by atoms with Crippen LogP contribution in [0, 0.1) is 6.92 Å². The van der Waals surface area contributed by atoms with Crippen molar-refractivity contribution in [3.63, 3.8) is 0 Å². The number of nitrogens with zero attached hydrogens (tertiary/aromatic N) is 2. The maximum atomic E-state index is 12.5. The molecule has 0 spiro atoms. The second kappa shape index (κ2) is 7.14. The van der Waals surface area contributed by atoms with Crippen LogP contribution >= 0.6 is 0 Å². The van der Waals surface area contributed by atoms with Crippen LogP contribution < -0.4 is 10.1 Å². The molecule has 6 heteroatoms. The van der Waals surface area contributed by atoms with Crippen LogP contribution in [0.3, 0.4) is 0 Å². The topological polar surface area (TPSA) is 75.9 Å². The molecule has 0 bridgehead atoms. The first kappa shape index (κ1) is 16.0. The minimum atomic E-state index is -0.204. The van der Waals surface area contributed by atoms with Gasteiger partial charge in [0.1, 0.15) is 23.7 Å². The molecule has 24 heavy (non-hydrogen) atoms. The van der Waals surface area contributed by atoms with E-state index in [4.69, 9.17) is 9.84 Å². The summed E-state index contributed by atoms with van der Waals surface area (Å²) in [5.74, 6) is 0.450. The molecule has 0 unspecified atom stereocenters. The Kier molecular flexibility index (Phi) is 4.77. The van der Waals surface area contributed by atoms with Crippen molar-refractivity contribution >= 4 is 11.6 Å². The molecule has 0 fully saturated rings. The largest absolute Gasteiger partial charge is 0.491 e. The average molecular weight is 325 g/mol. The third-order valence-electron chi connectivity index (χ3n) is 3.65. The maximum Gasteiger partial charge on any atom is 0.270 e. The Hall–Kier alpha value is -2.86. The first-order chi connectivity index (χ1) is 11.7. The molecule has 3 rings (SSSR count). The van der Waals surface area contributed by atoms with Gasteiger partial charge in [-0.15, -0.1) is 0 Å². The van der Waals surface area contributed by atoms with Gasteiger partial charge in [0, 0.05) is 18.3 Å². The van der Waals surface area contributed by atoms with E-state index in [2.05, 4.69) is 10.3 Å². The van der Waals surface area contributed by atoms with Gasteiger partial charge in [-0.2, -0.15) is 0 Å². The number of imidazole rings is 1. The minimum Gasteiger partial charge on any atom is -0.491 e. The molecule has 6 nitrogen and oxygen atoms in total. The normalized spacial score (nSPS) is 10.8. The fourth-order valence-electron chi connectivity index (χ4n) is 2.47. The number of aliphatic hydroxyl groups excluding tert-OH is 1. The highest BCUT2D eigenvalue weighted by Gasteiger charge is 2.13. The fraction of sp³-hybridized carbons (Fsp3) is 0.222. The van der Waals surface area contributed by atoms with Crippen molar-refractivity contribution in [1.82, 2.24) is 14.7 Å². The van der Waals surface area contributed by atoms with Gasteiger partial charge >= 0.3 is 0 Å². The number of benzene rings is 1. The van der Waals surface area contributed by atoms with Crippen LogP contribution in [0.4, 0.5) is 0 Å². The minimum absolute atomic E-state index is 0.0537. The Morgan fingerprint density at radius 1 is 1.29 bits per heavy atom. The number of aromatic nitrogens is 2. The van der Waals surface area contributed by atoms with E-state index in [1.54, 1.807) is 10.6 Å². The first-order valence-electron chi connectivity index (χ1n) is 7.72. The summed E-state index contributed by atoms with van der Waals surface area (Å²) in [5.41, 5.74) is 3.13. The van der Waals surface area contributed by atoms with Crippen LogP contribution in [0.15, 0.2) is 48.8 Å². The molecule has 124 valence electrons. The maximum absolute atomic E-state index is 12.5. The van der Waals surface area contributed by atoms with Gasteiger partial charge < -0.3 is 15.2 Å². The molecule has 0 saturated carbocycles. The lowest BCUT2D eigenvalue weighted by Crippen LogP contribution is -2.24. The number of carbonyl (C=O) groups excluding carboxylic acids is 1. The summed E-state index contributed by atoms with van der Waals surface area (Å²) in [6, 6.07) is 11.3. The second-order valence-electron chi connectivity index (χ2n) is 5.44. The highest BCUT2D eigenvalue weighted by Crippen LogP contribution is 2.18. The lowest BCUT2D eigenvalue weighted by Gasteiger charge is -2.11. The third-order valence-corrected chi connectivity index (χ3v) is 3.65. The van der Waals surface area contributed by atoms with E-state index in [1.807, 2.05) is 49.5 Å². The molecule has 0 radical (unpaired) electrons. The first-order valence-corrected chi connectivity index (χ1v) is 7.72. The van der Waals surface area contributed by atoms with Gasteiger partial charge in [0.25, 0.3) is 5.91 Å². The zero-order chi connectivity index (χ0) is 16.9. The number of amides is 1. The molecule has 0 saturated heterocycles. The molecule has 0 aliphatic heterocycles. The Bertz CT molecular complexity index is 858. The monoisotopic (exact) mass is 325 g/mol. The molecule has 3 aromatic rings. The predicted octanol–water partition coefficient (Wildman–Crippen LogP) is 1.94. The van der Waals surface area contributed by atoms with E-state index >= 15 is 0 Å². The zero-order valence-corrected chi connectivity index (χ0v) is 13.4. The molecule has 0 atom stereocenters. The van der Waals surface area contributed by atoms with Gasteiger partial charge in [0.05, 0.1) is 12.8 Å². The van der Waals surface area contributed by atoms with Gasteiger partial charge in [-0.05, 0) is 24.6 Å². The SMILES string of the molecule is Cc1ccc2ncc(C(=O)NCc3ccccc3OCCO)n2c1. The molecule has 2 heterocycles. The number of aliphatic hydroxyl groups is 1. The summed E-state index contributed by atoms with van der Waals surface area (Å²) in [7, 11) is 0. The molecule has 0 aliphatic rings. The fourth-order valence-corrected chi connectivity index (χ4v) is 2.47. The highest BCUT2D eigenvalue weighted by molar-refractivity contribution is 5.93. The summed E-state index contributed by atoms with van der Waals surface area (Å²) < 4.78 is 7.25. The van der Waals surface area contributed by atoms with Crippen molar-refractivity contribution in [3.05, 3.63) is 65.6 Å². The van der Waals surface area contributed by atoms with E-state index in [0.29, 0.717) is 18.0 Å². The zero-order valence-electron chi connectivity index (χ0n) is 13.4. The molecular weight excluding hydrogens is 306 g/mol. The van der Waals surface area contributed by atoms with E-state index in [1.165, 1.54) is 0 Å². The molecular formula is C18H19N3O3. The van der Waals surface area contributed by atoms with Crippen molar-refractivity contribution in [2.24, 2.45) is 0 Å². The highest BCUT2D eigenvalue weighted by atomic mass is 16.5. The number of para-hydroxylation sites is 1. The number of pyridine rings is 1. The number of hydrogen-bond donors (Lipinski definition) is 2. The number of aryl methyl sites for hydroxylation is 1. The molecule has 1 aromatic carbocycles. The lowest BCUT2D eigenvalue weighted by molar-refractivity contribution is 0.0944. The van der Waals surface area contributed by atoms with E-state index in [-0.39, 0.29) is 19.1 Å². The summed E-state index contributed by atoms with van der Waals surface area (Å²) in [4.78, 5) is 16.7. The quantitative estimate of drug-likeness (QED) is 0.726. The standard InChI is InChI=1S/C18H19N3O3/c1-13-6-7-17-19-11-15(21(17)12-13)18(23)20-10-14-4-2-3-5-16(14)24-9-8-22/h2-7,11-12,22H,8-10H2,1H3,(H,20,23). The van der Waals surface area contributed by atoms with Crippen LogP contribution in [-0.4, -0.2) is 33.6 Å². The summed E-state index contributed by atoms with van der Waals surface area (Å²) in [6.07, 6.45) is 3.45. The van der Waals surface area contributed by atoms with Crippen LogP contribution in [0.5, 0.6) is 5.75 Å². The van der Waals surface area contributed by atoms with E-state index in [9.17, 15) is 4.79 Å². The molecule has 1 amide bonds. The van der Waals surface area contributed by atoms with Crippen molar-refractivity contribution < 1.29 is 14.6 Å². The number of carbonyl (C=O) groups is 1. The van der Waals surface area contributed by atoms with Gasteiger partial charge in [-0.25, -0.2) is 4.98 Å². The predicted molar refractivity (Wildman–Crippen MR) is 90.1 cm³/mol. The van der Waals surface area contributed by atoms with E-state index in [0.717, 1.165) is 16.8 Å². The number of rotatable bonds is 6. The number of fused-ring (bicyclic) bond motifs is 1. The number of hydrogen-bond acceptors (Lipinski definition) is 4.